The lowest BCUT2D eigenvalue weighted by atomic mass is 9.46. The first-order chi connectivity index (χ1) is 10.8. The number of rotatable bonds is 0. The second kappa shape index (κ2) is 4.16. The summed E-state index contributed by atoms with van der Waals surface area (Å²) in [5, 5.41) is 0. The van der Waals surface area contributed by atoms with Gasteiger partial charge in [0.15, 0.2) is 11.6 Å². The molecule has 5 aliphatic carbocycles. The molecule has 22 heavy (non-hydrogen) atoms. The van der Waals surface area contributed by atoms with E-state index in [1.165, 1.54) is 23.3 Å². The van der Waals surface area contributed by atoms with E-state index in [1.807, 2.05) is 0 Å². The molecule has 0 spiro atoms. The Hall–Kier alpha value is -2.22. The van der Waals surface area contributed by atoms with Crippen LogP contribution in [-0.2, 0) is 9.59 Å². The van der Waals surface area contributed by atoms with Crippen molar-refractivity contribution >= 4 is 11.6 Å². The molecule has 0 heterocycles. The van der Waals surface area contributed by atoms with Crippen LogP contribution in [0.5, 0.6) is 0 Å². The third-order valence-electron chi connectivity index (χ3n) is 6.00. The van der Waals surface area contributed by atoms with Crippen molar-refractivity contribution < 1.29 is 9.59 Å². The van der Waals surface area contributed by atoms with Gasteiger partial charge < -0.3 is 0 Å². The van der Waals surface area contributed by atoms with Crippen LogP contribution in [0.4, 0.5) is 0 Å². The highest BCUT2D eigenvalue weighted by Crippen LogP contribution is 2.63. The van der Waals surface area contributed by atoms with Gasteiger partial charge in [0.25, 0.3) is 0 Å². The van der Waals surface area contributed by atoms with Crippen LogP contribution in [0, 0.1) is 23.7 Å². The Kier molecular flexibility index (Phi) is 2.33. The van der Waals surface area contributed by atoms with Gasteiger partial charge in [-0.2, -0.15) is 0 Å². The fourth-order valence-corrected chi connectivity index (χ4v) is 5.30. The number of ketones is 2. The van der Waals surface area contributed by atoms with Gasteiger partial charge in [0.05, 0.1) is 0 Å². The van der Waals surface area contributed by atoms with E-state index in [0.717, 1.165) is 0 Å². The average molecular weight is 288 g/mol. The van der Waals surface area contributed by atoms with E-state index in [4.69, 9.17) is 0 Å². The molecule has 0 N–H and O–H groups in total. The number of carbonyl (C=O) groups is 2. The molecule has 1 fully saturated rings. The lowest BCUT2D eigenvalue weighted by Gasteiger charge is -2.56. The van der Waals surface area contributed by atoms with E-state index in [2.05, 4.69) is 48.6 Å². The predicted molar refractivity (Wildman–Crippen MR) is 83.3 cm³/mol. The van der Waals surface area contributed by atoms with Gasteiger partial charge in [-0.1, -0.05) is 48.6 Å². The van der Waals surface area contributed by atoms with Gasteiger partial charge >= 0.3 is 0 Å². The molecule has 6 rings (SSSR count). The zero-order valence-electron chi connectivity index (χ0n) is 12.1. The summed E-state index contributed by atoms with van der Waals surface area (Å²) >= 11 is 0. The van der Waals surface area contributed by atoms with Crippen LogP contribution >= 0.6 is 0 Å². The molecule has 6 atom stereocenters. The third kappa shape index (κ3) is 1.36. The van der Waals surface area contributed by atoms with E-state index < -0.39 is 0 Å². The Labute approximate surface area is 129 Å². The lowest BCUT2D eigenvalue weighted by molar-refractivity contribution is -0.135. The fourth-order valence-electron chi connectivity index (χ4n) is 5.30. The molecule has 0 amide bonds. The Balaban J connectivity index is 1.80. The van der Waals surface area contributed by atoms with Crippen LogP contribution < -0.4 is 0 Å². The van der Waals surface area contributed by atoms with Crippen molar-refractivity contribution in [2.75, 3.05) is 0 Å². The molecular weight excluding hydrogens is 272 g/mol. The van der Waals surface area contributed by atoms with Crippen molar-refractivity contribution in [3.63, 3.8) is 0 Å². The van der Waals surface area contributed by atoms with Crippen LogP contribution in [0.3, 0.4) is 0 Å². The van der Waals surface area contributed by atoms with Crippen molar-refractivity contribution in [1.82, 2.24) is 0 Å². The Morgan fingerprint density at radius 2 is 1.09 bits per heavy atom. The molecule has 2 nitrogen and oxygen atoms in total. The highest BCUT2D eigenvalue weighted by Gasteiger charge is 2.59. The molecule has 2 heteroatoms. The molecule has 2 bridgehead atoms. The van der Waals surface area contributed by atoms with E-state index in [1.54, 1.807) is 0 Å². The third-order valence-corrected chi connectivity index (χ3v) is 6.00. The van der Waals surface area contributed by atoms with Crippen molar-refractivity contribution in [2.24, 2.45) is 23.7 Å². The second-order valence-electron chi connectivity index (χ2n) is 6.79. The number of hydrogen-bond donors (Lipinski definition) is 0. The summed E-state index contributed by atoms with van der Waals surface area (Å²) in [6.07, 6.45) is 11.7. The van der Waals surface area contributed by atoms with Gasteiger partial charge in [-0.05, 0) is 35.1 Å². The number of allylic oxidation sites excluding steroid dienone is 6. The van der Waals surface area contributed by atoms with Crippen molar-refractivity contribution in [2.45, 2.75) is 11.8 Å². The monoisotopic (exact) mass is 288 g/mol. The van der Waals surface area contributed by atoms with Crippen LogP contribution in [0.25, 0.3) is 0 Å². The van der Waals surface area contributed by atoms with Crippen LogP contribution in [0.1, 0.15) is 23.0 Å². The first kappa shape index (κ1) is 12.3. The largest absolute Gasteiger partial charge is 0.294 e. The Morgan fingerprint density at radius 3 is 1.55 bits per heavy atom. The minimum Gasteiger partial charge on any atom is -0.294 e. The molecule has 5 aliphatic rings. The topological polar surface area (TPSA) is 34.1 Å². The highest BCUT2D eigenvalue weighted by molar-refractivity contribution is 6.08. The molecule has 0 aliphatic heterocycles. The van der Waals surface area contributed by atoms with Crippen molar-refractivity contribution in [3.05, 3.63) is 71.8 Å². The minimum absolute atomic E-state index is 0.135. The standard InChI is InChI=1S/C20H16O2/c21-15-9-10-16(22)20-18-12-6-2-1-5-11(12)17(19(15)20)13-7-3-4-8-14(13)18/h1-12,17-20H/t11-,12-,17-,18+,19+,20+/m0/s1. The van der Waals surface area contributed by atoms with Gasteiger partial charge in [-0.25, -0.2) is 0 Å². The summed E-state index contributed by atoms with van der Waals surface area (Å²) in [4.78, 5) is 25.1. The first-order valence-electron chi connectivity index (χ1n) is 7.97. The van der Waals surface area contributed by atoms with E-state index in [-0.39, 0.29) is 35.2 Å². The normalized spacial score (nSPS) is 40.4. The second-order valence-corrected chi connectivity index (χ2v) is 6.79. The van der Waals surface area contributed by atoms with Crippen molar-refractivity contribution in [3.8, 4) is 0 Å². The summed E-state index contributed by atoms with van der Waals surface area (Å²) in [5.41, 5.74) is 2.57. The number of benzene rings is 1. The van der Waals surface area contributed by atoms with Gasteiger partial charge in [0, 0.05) is 23.7 Å². The first-order valence-corrected chi connectivity index (χ1v) is 7.97. The van der Waals surface area contributed by atoms with Crippen LogP contribution in [-0.4, -0.2) is 11.6 Å². The van der Waals surface area contributed by atoms with Gasteiger partial charge in [0.2, 0.25) is 0 Å². The summed E-state index contributed by atoms with van der Waals surface area (Å²) in [6, 6.07) is 8.41. The quantitative estimate of drug-likeness (QED) is 0.735. The summed E-state index contributed by atoms with van der Waals surface area (Å²) in [5.74, 6) is 0.886. The maximum atomic E-state index is 12.6. The maximum Gasteiger partial charge on any atom is 0.160 e. The molecule has 0 unspecified atom stereocenters. The minimum atomic E-state index is -0.171. The molecule has 0 saturated heterocycles. The van der Waals surface area contributed by atoms with E-state index in [0.29, 0.717) is 11.8 Å². The van der Waals surface area contributed by atoms with Gasteiger partial charge in [0.1, 0.15) is 0 Å². The summed E-state index contributed by atoms with van der Waals surface area (Å²) < 4.78 is 0. The Bertz CT molecular complexity index is 718. The zero-order valence-corrected chi connectivity index (χ0v) is 12.1. The Morgan fingerprint density at radius 1 is 0.636 bits per heavy atom. The van der Waals surface area contributed by atoms with Crippen LogP contribution in [0.2, 0.25) is 0 Å². The van der Waals surface area contributed by atoms with E-state index in [9.17, 15) is 9.59 Å². The molecular formula is C20H16O2. The molecule has 0 radical (unpaired) electrons. The zero-order chi connectivity index (χ0) is 14.8. The van der Waals surface area contributed by atoms with E-state index >= 15 is 0 Å². The average Bonchev–Trinajstić information content (AvgIpc) is 2.58. The fraction of sp³-hybridized carbons (Fsp3) is 0.300. The smallest absolute Gasteiger partial charge is 0.160 e. The van der Waals surface area contributed by atoms with Crippen molar-refractivity contribution in [1.29, 1.82) is 0 Å². The molecule has 1 aromatic rings. The van der Waals surface area contributed by atoms with Crippen LogP contribution in [0.15, 0.2) is 60.7 Å². The number of hydrogen-bond acceptors (Lipinski definition) is 2. The highest BCUT2D eigenvalue weighted by atomic mass is 16.1. The SMILES string of the molecule is O=C1C=CC(=O)[C@H]2[C@H]1[C@@H]1c3ccccc3[C@H]2[C@H]2C=CC=C[C@@H]21. The predicted octanol–water partition coefficient (Wildman–Crippen LogP) is 3.18. The number of carbonyl (C=O) groups excluding carboxylic acids is 2. The lowest BCUT2D eigenvalue weighted by Crippen LogP contribution is -2.53. The maximum absolute atomic E-state index is 12.6. The molecule has 1 saturated carbocycles. The summed E-state index contributed by atoms with van der Waals surface area (Å²) in [6.45, 7) is 0. The molecule has 108 valence electrons. The summed E-state index contributed by atoms with van der Waals surface area (Å²) in [7, 11) is 0. The molecule has 0 aromatic heterocycles. The van der Waals surface area contributed by atoms with Gasteiger partial charge in [-0.15, -0.1) is 0 Å². The van der Waals surface area contributed by atoms with Gasteiger partial charge in [-0.3, -0.25) is 9.59 Å². The molecule has 1 aromatic carbocycles.